The molecule has 0 unspecified atom stereocenters. The first kappa shape index (κ1) is 19.7. The summed E-state index contributed by atoms with van der Waals surface area (Å²) in [5, 5.41) is 3.13. The third kappa shape index (κ3) is 4.26. The Morgan fingerprint density at radius 3 is 2.63 bits per heavy atom. The lowest BCUT2D eigenvalue weighted by atomic mass is 9.91. The Morgan fingerprint density at radius 1 is 1.26 bits per heavy atom. The molecule has 2 amide bonds. The lowest BCUT2D eigenvalue weighted by Gasteiger charge is -2.30. The maximum absolute atomic E-state index is 13.0. The molecule has 27 heavy (non-hydrogen) atoms. The van der Waals surface area contributed by atoms with Gasteiger partial charge in [0, 0.05) is 25.1 Å². The molecule has 1 N–H and O–H groups in total. The summed E-state index contributed by atoms with van der Waals surface area (Å²) in [4.78, 5) is 29.7. The van der Waals surface area contributed by atoms with E-state index in [2.05, 4.69) is 17.3 Å². The minimum absolute atomic E-state index is 0.0193. The maximum Gasteiger partial charge on any atom is 0.226 e. The highest BCUT2D eigenvalue weighted by Crippen LogP contribution is 2.41. The van der Waals surface area contributed by atoms with Gasteiger partial charge in [0.2, 0.25) is 11.8 Å². The molecule has 0 aliphatic carbocycles. The van der Waals surface area contributed by atoms with Crippen molar-refractivity contribution in [3.8, 4) is 5.75 Å². The number of methoxy groups -OCH3 is 1. The third-order valence-electron chi connectivity index (χ3n) is 5.97. The average Bonchev–Trinajstić information content (AvgIpc) is 3.03. The van der Waals surface area contributed by atoms with Gasteiger partial charge >= 0.3 is 0 Å². The van der Waals surface area contributed by atoms with Crippen LogP contribution in [-0.2, 0) is 9.59 Å². The van der Waals surface area contributed by atoms with Gasteiger partial charge in [-0.2, -0.15) is 0 Å². The van der Waals surface area contributed by atoms with Crippen molar-refractivity contribution >= 4 is 11.8 Å². The van der Waals surface area contributed by atoms with Crippen LogP contribution < -0.4 is 10.1 Å². The minimum atomic E-state index is -0.375. The predicted octanol–water partition coefficient (Wildman–Crippen LogP) is 2.06. The van der Waals surface area contributed by atoms with Crippen LogP contribution >= 0.6 is 0 Å². The molecule has 1 aromatic carbocycles. The summed E-state index contributed by atoms with van der Waals surface area (Å²) in [5.74, 6) is 0.889. The number of ether oxygens (including phenoxy) is 1. The van der Waals surface area contributed by atoms with Crippen molar-refractivity contribution in [2.24, 2.45) is 11.8 Å². The van der Waals surface area contributed by atoms with Crippen molar-refractivity contribution in [2.75, 3.05) is 40.3 Å². The van der Waals surface area contributed by atoms with E-state index in [0.29, 0.717) is 19.0 Å². The highest BCUT2D eigenvalue weighted by atomic mass is 16.5. The number of hydrogen-bond acceptors (Lipinski definition) is 4. The molecule has 6 heteroatoms. The molecular weight excluding hydrogens is 342 g/mol. The number of piperidine rings is 1. The van der Waals surface area contributed by atoms with Gasteiger partial charge < -0.3 is 19.9 Å². The fourth-order valence-corrected chi connectivity index (χ4v) is 4.34. The Kier molecular flexibility index (Phi) is 6.37. The second-order valence-corrected chi connectivity index (χ2v) is 7.67. The fourth-order valence-electron chi connectivity index (χ4n) is 4.34. The number of carbonyl (C=O) groups is 2. The summed E-state index contributed by atoms with van der Waals surface area (Å²) in [6.07, 6.45) is 2.48. The lowest BCUT2D eigenvalue weighted by molar-refractivity contribution is -0.129. The van der Waals surface area contributed by atoms with Crippen LogP contribution in [0.1, 0.15) is 37.8 Å². The van der Waals surface area contributed by atoms with Gasteiger partial charge in [-0.3, -0.25) is 9.59 Å². The molecular formula is C21H31N3O3. The molecule has 0 aromatic heterocycles. The summed E-state index contributed by atoms with van der Waals surface area (Å²) >= 11 is 0. The Balaban J connectivity index is 1.73. The van der Waals surface area contributed by atoms with Crippen LogP contribution in [0.2, 0.25) is 0 Å². The van der Waals surface area contributed by atoms with Gasteiger partial charge in [-0.15, -0.1) is 0 Å². The number of para-hydroxylation sites is 1. The third-order valence-corrected chi connectivity index (χ3v) is 5.97. The van der Waals surface area contributed by atoms with Crippen LogP contribution in [0.25, 0.3) is 0 Å². The van der Waals surface area contributed by atoms with E-state index in [-0.39, 0.29) is 30.2 Å². The first-order chi connectivity index (χ1) is 13.0. The number of hydrogen-bond donors (Lipinski definition) is 1. The summed E-state index contributed by atoms with van der Waals surface area (Å²) in [7, 11) is 3.76. The fraction of sp³-hybridized carbons (Fsp3) is 0.619. The first-order valence-electron chi connectivity index (χ1n) is 9.93. The zero-order valence-electron chi connectivity index (χ0n) is 16.6. The van der Waals surface area contributed by atoms with E-state index < -0.39 is 0 Å². The summed E-state index contributed by atoms with van der Waals surface area (Å²) in [5.41, 5.74) is 0.909. The number of likely N-dealkylation sites (tertiary alicyclic amines) is 2. The molecule has 0 spiro atoms. The highest BCUT2D eigenvalue weighted by Gasteiger charge is 2.44. The van der Waals surface area contributed by atoms with Gasteiger partial charge in [-0.05, 0) is 51.9 Å². The van der Waals surface area contributed by atoms with Crippen LogP contribution in [-0.4, -0.2) is 62.0 Å². The van der Waals surface area contributed by atoms with Gasteiger partial charge in [-0.25, -0.2) is 0 Å². The van der Waals surface area contributed by atoms with Crippen molar-refractivity contribution in [2.45, 2.75) is 32.2 Å². The SMILES string of the molecule is CCN1C(=O)C[C@@H](C(=O)NCC2CCN(C)CC2)[C@@H]1c1ccccc1OC. The van der Waals surface area contributed by atoms with E-state index in [1.165, 1.54) is 0 Å². The quantitative estimate of drug-likeness (QED) is 0.829. The summed E-state index contributed by atoms with van der Waals surface area (Å²) in [6, 6.07) is 7.42. The Hall–Kier alpha value is -2.08. The van der Waals surface area contributed by atoms with Gasteiger partial charge in [0.05, 0.1) is 19.1 Å². The summed E-state index contributed by atoms with van der Waals surface area (Å²) < 4.78 is 5.50. The van der Waals surface area contributed by atoms with E-state index in [9.17, 15) is 9.59 Å². The Labute approximate surface area is 161 Å². The number of carbonyl (C=O) groups excluding carboxylic acids is 2. The molecule has 2 atom stereocenters. The molecule has 2 saturated heterocycles. The molecule has 3 rings (SSSR count). The predicted molar refractivity (Wildman–Crippen MR) is 104 cm³/mol. The van der Waals surface area contributed by atoms with Crippen molar-refractivity contribution < 1.29 is 14.3 Å². The van der Waals surface area contributed by atoms with Gasteiger partial charge in [-0.1, -0.05) is 18.2 Å². The standard InChI is InChI=1S/C21H31N3O3/c1-4-24-19(25)13-17(20(24)16-7-5-6-8-18(16)27-3)21(26)22-14-15-9-11-23(2)12-10-15/h5-8,15,17,20H,4,9-14H2,1-3H3,(H,22,26)/t17-,20+/m1/s1. The van der Waals surface area contributed by atoms with E-state index in [0.717, 1.165) is 37.2 Å². The molecule has 2 aliphatic heterocycles. The average molecular weight is 373 g/mol. The highest BCUT2D eigenvalue weighted by molar-refractivity contribution is 5.90. The van der Waals surface area contributed by atoms with Crippen LogP contribution in [0.4, 0.5) is 0 Å². The van der Waals surface area contributed by atoms with Gasteiger partial charge in [0.25, 0.3) is 0 Å². The number of nitrogens with one attached hydrogen (secondary N) is 1. The van der Waals surface area contributed by atoms with Crippen molar-refractivity contribution in [3.63, 3.8) is 0 Å². The number of benzene rings is 1. The molecule has 6 nitrogen and oxygen atoms in total. The zero-order valence-corrected chi connectivity index (χ0v) is 16.6. The van der Waals surface area contributed by atoms with Crippen LogP contribution in [0.3, 0.4) is 0 Å². The van der Waals surface area contributed by atoms with Crippen molar-refractivity contribution in [1.29, 1.82) is 0 Å². The van der Waals surface area contributed by atoms with Crippen molar-refractivity contribution in [1.82, 2.24) is 15.1 Å². The number of nitrogens with zero attached hydrogens (tertiary/aromatic N) is 2. The monoisotopic (exact) mass is 373 g/mol. The van der Waals surface area contributed by atoms with Gasteiger partial charge in [0.15, 0.2) is 0 Å². The molecule has 0 bridgehead atoms. The lowest BCUT2D eigenvalue weighted by Crippen LogP contribution is -2.40. The second kappa shape index (κ2) is 8.74. The topological polar surface area (TPSA) is 61.9 Å². The molecule has 2 fully saturated rings. The van der Waals surface area contributed by atoms with E-state index in [1.54, 1.807) is 12.0 Å². The van der Waals surface area contributed by atoms with Crippen LogP contribution in [0, 0.1) is 11.8 Å². The molecule has 2 heterocycles. The number of rotatable bonds is 6. The van der Waals surface area contributed by atoms with E-state index >= 15 is 0 Å². The Bertz CT molecular complexity index is 670. The number of amides is 2. The molecule has 1 aromatic rings. The first-order valence-corrected chi connectivity index (χ1v) is 9.93. The molecule has 0 saturated carbocycles. The smallest absolute Gasteiger partial charge is 0.226 e. The Morgan fingerprint density at radius 2 is 1.96 bits per heavy atom. The minimum Gasteiger partial charge on any atom is -0.496 e. The zero-order chi connectivity index (χ0) is 19.4. The normalized spacial score (nSPS) is 24.3. The summed E-state index contributed by atoms with van der Waals surface area (Å²) in [6.45, 7) is 5.40. The van der Waals surface area contributed by atoms with E-state index in [1.807, 2.05) is 31.2 Å². The molecule has 0 radical (unpaired) electrons. The van der Waals surface area contributed by atoms with Crippen LogP contribution in [0.15, 0.2) is 24.3 Å². The van der Waals surface area contributed by atoms with Crippen LogP contribution in [0.5, 0.6) is 5.75 Å². The van der Waals surface area contributed by atoms with Crippen molar-refractivity contribution in [3.05, 3.63) is 29.8 Å². The largest absolute Gasteiger partial charge is 0.496 e. The molecule has 2 aliphatic rings. The second-order valence-electron chi connectivity index (χ2n) is 7.67. The van der Waals surface area contributed by atoms with Gasteiger partial charge in [0.1, 0.15) is 5.75 Å². The maximum atomic E-state index is 13.0. The molecule has 148 valence electrons. The van der Waals surface area contributed by atoms with E-state index in [4.69, 9.17) is 4.74 Å².